The number of benzene rings is 2. The third-order valence-corrected chi connectivity index (χ3v) is 9.10. The number of carbonyl (C=O) groups is 1. The van der Waals surface area contributed by atoms with Gasteiger partial charge in [-0.25, -0.2) is 17.9 Å². The van der Waals surface area contributed by atoms with Crippen LogP contribution in [0.3, 0.4) is 0 Å². The fourth-order valence-corrected chi connectivity index (χ4v) is 6.61. The van der Waals surface area contributed by atoms with Gasteiger partial charge < -0.3 is 18.9 Å². The lowest BCUT2D eigenvalue weighted by Crippen LogP contribution is -2.54. The van der Waals surface area contributed by atoms with Gasteiger partial charge in [-0.05, 0) is 65.1 Å². The molecule has 2 aromatic rings. The lowest BCUT2D eigenvalue weighted by atomic mass is 9.78. The highest BCUT2D eigenvalue weighted by atomic mass is 32.2. The maximum atomic E-state index is 13.5. The average Bonchev–Trinajstić information content (AvgIpc) is 3.04. The minimum absolute atomic E-state index is 0.222. The highest BCUT2D eigenvalue weighted by Gasteiger charge is 2.52. The number of carbonyl (C=O) groups excluding carboxylic acids is 1. The van der Waals surface area contributed by atoms with Crippen molar-refractivity contribution in [2.24, 2.45) is 0 Å². The molecule has 1 N–H and O–H groups in total. The Bertz CT molecular complexity index is 1280. The lowest BCUT2D eigenvalue weighted by Gasteiger charge is -2.46. The highest BCUT2D eigenvalue weighted by Crippen LogP contribution is 2.42. The van der Waals surface area contributed by atoms with E-state index in [2.05, 4.69) is 4.72 Å². The van der Waals surface area contributed by atoms with Crippen molar-refractivity contribution in [3.8, 4) is 0 Å². The molecule has 0 spiro atoms. The fourth-order valence-electron chi connectivity index (χ4n) is 5.54. The second-order valence-electron chi connectivity index (χ2n) is 12.5. The van der Waals surface area contributed by atoms with Crippen LogP contribution in [0.1, 0.15) is 78.5 Å². The van der Waals surface area contributed by atoms with Crippen molar-refractivity contribution < 1.29 is 27.3 Å². The van der Waals surface area contributed by atoms with Crippen LogP contribution >= 0.6 is 0 Å². The standard InChI is InChI=1S/C29H41BN2O6S/c1-21(22-14-16-24(17-15-22)30-37-27(4,5)28(6,7)38-30)32-19-18-29(36-25(32)33,23-12-10-9-11-13-23)20-26(2,3)31-39(8,34)35/h9-17,21,31H,18-20H2,1-8H3/t21?,29-/m0/s1. The van der Waals surface area contributed by atoms with Gasteiger partial charge in [-0.2, -0.15) is 0 Å². The molecule has 2 fully saturated rings. The largest absolute Gasteiger partial charge is 0.494 e. The molecular formula is C29H41BN2O6S. The number of rotatable bonds is 8. The number of hydrogen-bond acceptors (Lipinski definition) is 6. The molecular weight excluding hydrogens is 515 g/mol. The minimum atomic E-state index is -3.46. The first-order chi connectivity index (χ1) is 17.9. The summed E-state index contributed by atoms with van der Waals surface area (Å²) in [4.78, 5) is 15.2. The molecule has 1 unspecified atom stereocenters. The van der Waals surface area contributed by atoms with Crippen LogP contribution in [0, 0.1) is 0 Å². The van der Waals surface area contributed by atoms with Crippen molar-refractivity contribution in [2.45, 2.75) is 89.7 Å². The van der Waals surface area contributed by atoms with Crippen molar-refractivity contribution in [1.29, 1.82) is 0 Å². The van der Waals surface area contributed by atoms with Crippen LogP contribution < -0.4 is 10.2 Å². The number of sulfonamides is 1. The number of ether oxygens (including phenoxy) is 1. The average molecular weight is 557 g/mol. The van der Waals surface area contributed by atoms with Crippen LogP contribution in [0.2, 0.25) is 0 Å². The molecule has 39 heavy (non-hydrogen) atoms. The van der Waals surface area contributed by atoms with Crippen molar-refractivity contribution in [3.05, 3.63) is 65.7 Å². The van der Waals surface area contributed by atoms with E-state index in [1.54, 1.807) is 4.90 Å². The zero-order valence-electron chi connectivity index (χ0n) is 24.3. The van der Waals surface area contributed by atoms with E-state index in [4.69, 9.17) is 14.0 Å². The molecule has 10 heteroatoms. The number of nitrogens with one attached hydrogen (secondary N) is 1. The van der Waals surface area contributed by atoms with Crippen molar-refractivity contribution >= 4 is 28.7 Å². The minimum Gasteiger partial charge on any atom is -0.438 e. The molecule has 2 aliphatic heterocycles. The van der Waals surface area contributed by atoms with Gasteiger partial charge in [0.1, 0.15) is 5.60 Å². The molecule has 0 aliphatic carbocycles. The second-order valence-corrected chi connectivity index (χ2v) is 14.3. The van der Waals surface area contributed by atoms with Crippen LogP contribution in [0.25, 0.3) is 0 Å². The summed E-state index contributed by atoms with van der Waals surface area (Å²) in [6.07, 6.45) is 1.53. The Hall–Kier alpha value is -2.40. The summed E-state index contributed by atoms with van der Waals surface area (Å²) in [6.45, 7) is 14.2. The molecule has 0 bridgehead atoms. The van der Waals surface area contributed by atoms with Gasteiger partial charge in [-0.3, -0.25) is 0 Å². The number of amides is 1. The second kappa shape index (κ2) is 10.2. The molecule has 2 saturated heterocycles. The normalized spacial score (nSPS) is 23.9. The van der Waals surface area contributed by atoms with Crippen LogP contribution in [-0.4, -0.2) is 56.1 Å². The van der Waals surface area contributed by atoms with Gasteiger partial charge >= 0.3 is 13.2 Å². The Balaban J connectivity index is 1.52. The first-order valence-corrected chi connectivity index (χ1v) is 15.3. The third-order valence-electron chi connectivity index (χ3n) is 8.17. The van der Waals surface area contributed by atoms with Gasteiger partial charge in [-0.1, -0.05) is 54.6 Å². The zero-order valence-corrected chi connectivity index (χ0v) is 25.1. The zero-order chi connectivity index (χ0) is 28.9. The van der Waals surface area contributed by atoms with Crippen molar-refractivity contribution in [3.63, 3.8) is 0 Å². The van der Waals surface area contributed by atoms with Crippen molar-refractivity contribution in [1.82, 2.24) is 9.62 Å². The van der Waals surface area contributed by atoms with Crippen LogP contribution in [0.4, 0.5) is 4.79 Å². The Morgan fingerprint density at radius 1 is 1.00 bits per heavy atom. The maximum absolute atomic E-state index is 13.5. The molecule has 4 rings (SSSR count). The van der Waals surface area contributed by atoms with Gasteiger partial charge in [0.2, 0.25) is 10.0 Å². The Morgan fingerprint density at radius 3 is 2.08 bits per heavy atom. The maximum Gasteiger partial charge on any atom is 0.494 e. The summed E-state index contributed by atoms with van der Waals surface area (Å²) in [6, 6.07) is 17.3. The molecule has 0 radical (unpaired) electrons. The SMILES string of the molecule is CC(c1ccc(B2OC(C)(C)C(C)(C)O2)cc1)N1CC[C@](CC(C)(C)NS(C)(=O)=O)(c2ccccc2)OC1=O. The molecule has 212 valence electrons. The molecule has 1 amide bonds. The van der Waals surface area contributed by atoms with Crippen LogP contribution in [0.15, 0.2) is 54.6 Å². The summed E-state index contributed by atoms with van der Waals surface area (Å²) in [5, 5.41) is 0. The van der Waals surface area contributed by atoms with Crippen LogP contribution in [-0.2, 0) is 29.7 Å². The van der Waals surface area contributed by atoms with E-state index in [1.165, 1.54) is 0 Å². The van der Waals surface area contributed by atoms with E-state index in [-0.39, 0.29) is 6.04 Å². The van der Waals surface area contributed by atoms with E-state index >= 15 is 0 Å². The monoisotopic (exact) mass is 556 g/mol. The first kappa shape index (κ1) is 29.6. The molecule has 8 nitrogen and oxygen atoms in total. The van der Waals surface area contributed by atoms with E-state index < -0.39 is 45.6 Å². The molecule has 2 aromatic carbocycles. The van der Waals surface area contributed by atoms with E-state index in [9.17, 15) is 13.2 Å². The lowest BCUT2D eigenvalue weighted by molar-refractivity contribution is -0.0750. The number of hydrogen-bond donors (Lipinski definition) is 1. The summed E-state index contributed by atoms with van der Waals surface area (Å²) in [5.74, 6) is 0. The molecule has 2 heterocycles. The fraction of sp³-hybridized carbons (Fsp3) is 0.552. The quantitative estimate of drug-likeness (QED) is 0.482. The summed E-state index contributed by atoms with van der Waals surface area (Å²) >= 11 is 0. The molecule has 0 saturated carbocycles. The number of cyclic esters (lactones) is 1. The summed E-state index contributed by atoms with van der Waals surface area (Å²) in [7, 11) is -3.91. The Labute approximate surface area is 233 Å². The van der Waals surface area contributed by atoms with Gasteiger partial charge in [0.15, 0.2) is 0 Å². The summed E-state index contributed by atoms with van der Waals surface area (Å²) in [5.41, 5.74) is 0.112. The van der Waals surface area contributed by atoms with Crippen LogP contribution in [0.5, 0.6) is 0 Å². The van der Waals surface area contributed by atoms with Gasteiger partial charge in [0.25, 0.3) is 0 Å². The Kier molecular flexibility index (Phi) is 7.75. The summed E-state index contributed by atoms with van der Waals surface area (Å²) < 4.78 is 45.3. The predicted molar refractivity (Wildman–Crippen MR) is 153 cm³/mol. The number of nitrogens with zero attached hydrogens (tertiary/aromatic N) is 1. The van der Waals surface area contributed by atoms with Crippen molar-refractivity contribution in [2.75, 3.05) is 12.8 Å². The highest BCUT2D eigenvalue weighted by molar-refractivity contribution is 7.88. The van der Waals surface area contributed by atoms with E-state index in [1.807, 2.05) is 103 Å². The smallest absolute Gasteiger partial charge is 0.438 e. The first-order valence-electron chi connectivity index (χ1n) is 13.4. The molecule has 2 aliphatic rings. The van der Waals surface area contributed by atoms with Gasteiger partial charge in [0, 0.05) is 24.9 Å². The van der Waals surface area contributed by atoms with Gasteiger partial charge in [-0.15, -0.1) is 0 Å². The molecule has 2 atom stereocenters. The van der Waals surface area contributed by atoms with E-state index in [0.717, 1.165) is 22.8 Å². The topological polar surface area (TPSA) is 94.2 Å². The predicted octanol–water partition coefficient (Wildman–Crippen LogP) is 4.50. The van der Waals surface area contributed by atoms with E-state index in [0.29, 0.717) is 19.4 Å². The molecule has 0 aromatic heterocycles. The van der Waals surface area contributed by atoms with Gasteiger partial charge in [0.05, 0.1) is 23.5 Å². The Morgan fingerprint density at radius 2 is 1.56 bits per heavy atom. The third kappa shape index (κ3) is 6.35.